The van der Waals surface area contributed by atoms with Gasteiger partial charge in [0.1, 0.15) is 6.04 Å². The smallest absolute Gasteiger partial charge is 0.326 e. The predicted molar refractivity (Wildman–Crippen MR) is 66.3 cm³/mol. The Balaban J connectivity index is 2.90. The number of carboxylic acids is 1. The molecule has 5 heteroatoms. The molecule has 0 fully saturated rings. The van der Waals surface area contributed by atoms with Crippen LogP contribution in [0.4, 0.5) is 5.69 Å². The van der Waals surface area contributed by atoms with Gasteiger partial charge in [-0.3, -0.25) is 0 Å². The van der Waals surface area contributed by atoms with Gasteiger partial charge in [0.05, 0.1) is 10.7 Å². The van der Waals surface area contributed by atoms with Crippen LogP contribution >= 0.6 is 23.2 Å². The largest absolute Gasteiger partial charge is 0.480 e. The van der Waals surface area contributed by atoms with Crippen LogP contribution in [0.5, 0.6) is 0 Å². The Hall–Kier alpha value is -0.930. The molecule has 0 bridgehead atoms. The average Bonchev–Trinajstić information content (AvgIpc) is 2.15. The molecular formula is C11H13Cl2NO2. The Bertz CT molecular complexity index is 394. The van der Waals surface area contributed by atoms with Crippen LogP contribution in [0.1, 0.15) is 13.8 Å². The molecule has 1 rings (SSSR count). The first-order chi connectivity index (χ1) is 7.41. The minimum atomic E-state index is -0.902. The van der Waals surface area contributed by atoms with E-state index in [1.807, 2.05) is 13.8 Å². The van der Waals surface area contributed by atoms with Crippen molar-refractivity contribution in [1.82, 2.24) is 0 Å². The number of nitrogens with one attached hydrogen (secondary N) is 1. The summed E-state index contributed by atoms with van der Waals surface area (Å²) in [5.41, 5.74) is 0.576. The first kappa shape index (κ1) is 13.1. The summed E-state index contributed by atoms with van der Waals surface area (Å²) in [6.07, 6.45) is 0. The Kier molecular flexibility index (Phi) is 4.44. The zero-order valence-electron chi connectivity index (χ0n) is 9.00. The van der Waals surface area contributed by atoms with Crippen molar-refractivity contribution < 1.29 is 9.90 Å². The van der Waals surface area contributed by atoms with Gasteiger partial charge in [0.2, 0.25) is 0 Å². The van der Waals surface area contributed by atoms with Crippen LogP contribution in [0.15, 0.2) is 18.2 Å². The number of halogens is 2. The van der Waals surface area contributed by atoms with Gasteiger partial charge >= 0.3 is 5.97 Å². The molecule has 0 aliphatic carbocycles. The van der Waals surface area contributed by atoms with Gasteiger partial charge in [0, 0.05) is 5.02 Å². The van der Waals surface area contributed by atoms with Crippen LogP contribution in [-0.4, -0.2) is 17.1 Å². The number of hydrogen-bond acceptors (Lipinski definition) is 2. The molecule has 0 aliphatic rings. The van der Waals surface area contributed by atoms with E-state index >= 15 is 0 Å². The maximum absolute atomic E-state index is 11.0. The van der Waals surface area contributed by atoms with Gasteiger partial charge in [-0.05, 0) is 24.1 Å². The third-order valence-corrected chi connectivity index (χ3v) is 2.72. The monoisotopic (exact) mass is 261 g/mol. The van der Waals surface area contributed by atoms with Crippen molar-refractivity contribution in [2.24, 2.45) is 5.92 Å². The maximum atomic E-state index is 11.0. The van der Waals surface area contributed by atoms with Gasteiger partial charge in [-0.25, -0.2) is 4.79 Å². The minimum absolute atomic E-state index is 0.0377. The fourth-order valence-corrected chi connectivity index (χ4v) is 1.75. The third-order valence-electron chi connectivity index (χ3n) is 2.17. The summed E-state index contributed by atoms with van der Waals surface area (Å²) in [7, 11) is 0. The lowest BCUT2D eigenvalue weighted by Gasteiger charge is -2.19. The molecule has 88 valence electrons. The lowest BCUT2D eigenvalue weighted by Crippen LogP contribution is -2.34. The van der Waals surface area contributed by atoms with Gasteiger partial charge < -0.3 is 10.4 Å². The topological polar surface area (TPSA) is 49.3 Å². The van der Waals surface area contributed by atoms with Gasteiger partial charge in [-0.2, -0.15) is 0 Å². The second-order valence-electron chi connectivity index (χ2n) is 3.83. The van der Waals surface area contributed by atoms with E-state index in [0.29, 0.717) is 15.7 Å². The Labute approximate surface area is 104 Å². The Morgan fingerprint density at radius 1 is 1.38 bits per heavy atom. The molecule has 0 aromatic heterocycles. The molecule has 0 spiro atoms. The van der Waals surface area contributed by atoms with Crippen molar-refractivity contribution in [3.63, 3.8) is 0 Å². The molecule has 16 heavy (non-hydrogen) atoms. The summed E-state index contributed by atoms with van der Waals surface area (Å²) >= 11 is 11.7. The lowest BCUT2D eigenvalue weighted by atomic mass is 10.0. The molecule has 0 aliphatic heterocycles. The highest BCUT2D eigenvalue weighted by atomic mass is 35.5. The van der Waals surface area contributed by atoms with Crippen molar-refractivity contribution in [2.45, 2.75) is 19.9 Å². The molecule has 0 saturated carbocycles. The summed E-state index contributed by atoms with van der Waals surface area (Å²) in [5.74, 6) is -0.940. The number of aliphatic carboxylic acids is 1. The summed E-state index contributed by atoms with van der Waals surface area (Å²) in [4.78, 5) is 11.0. The van der Waals surface area contributed by atoms with Gasteiger partial charge in [-0.1, -0.05) is 37.0 Å². The molecule has 2 N–H and O–H groups in total. The quantitative estimate of drug-likeness (QED) is 0.872. The summed E-state index contributed by atoms with van der Waals surface area (Å²) < 4.78 is 0. The average molecular weight is 262 g/mol. The molecule has 0 heterocycles. The third kappa shape index (κ3) is 3.29. The number of carboxylic acid groups (broad SMARTS) is 1. The summed E-state index contributed by atoms with van der Waals surface area (Å²) in [5, 5.41) is 12.8. The normalized spacial score (nSPS) is 12.6. The van der Waals surface area contributed by atoms with Gasteiger partial charge in [-0.15, -0.1) is 0 Å². The molecule has 0 amide bonds. The first-order valence-corrected chi connectivity index (χ1v) is 5.62. The van der Waals surface area contributed by atoms with Crippen molar-refractivity contribution in [2.75, 3.05) is 5.32 Å². The molecule has 1 aromatic rings. The van der Waals surface area contributed by atoms with E-state index in [9.17, 15) is 4.79 Å². The van der Waals surface area contributed by atoms with Crippen LogP contribution in [0, 0.1) is 5.92 Å². The highest BCUT2D eigenvalue weighted by Gasteiger charge is 2.21. The van der Waals surface area contributed by atoms with E-state index in [1.54, 1.807) is 18.2 Å². The Morgan fingerprint density at radius 3 is 2.44 bits per heavy atom. The highest BCUT2D eigenvalue weighted by molar-refractivity contribution is 6.36. The summed E-state index contributed by atoms with van der Waals surface area (Å²) in [6.45, 7) is 3.66. The highest BCUT2D eigenvalue weighted by Crippen LogP contribution is 2.26. The van der Waals surface area contributed by atoms with Crippen LogP contribution in [0.25, 0.3) is 0 Å². The van der Waals surface area contributed by atoms with E-state index in [1.165, 1.54) is 0 Å². The van der Waals surface area contributed by atoms with E-state index in [0.717, 1.165) is 0 Å². The van der Waals surface area contributed by atoms with E-state index in [2.05, 4.69) is 5.32 Å². The Morgan fingerprint density at radius 2 is 2.00 bits per heavy atom. The number of carbonyl (C=O) groups is 1. The molecular weight excluding hydrogens is 249 g/mol. The fraction of sp³-hybridized carbons (Fsp3) is 0.364. The van der Waals surface area contributed by atoms with Gasteiger partial charge in [0.25, 0.3) is 0 Å². The molecule has 0 radical (unpaired) electrons. The molecule has 0 unspecified atom stereocenters. The van der Waals surface area contributed by atoms with Gasteiger partial charge in [0.15, 0.2) is 0 Å². The van der Waals surface area contributed by atoms with Crippen molar-refractivity contribution in [3.05, 3.63) is 28.2 Å². The second-order valence-corrected chi connectivity index (χ2v) is 4.67. The minimum Gasteiger partial charge on any atom is -0.480 e. The van der Waals surface area contributed by atoms with Crippen LogP contribution < -0.4 is 5.32 Å². The fourth-order valence-electron chi connectivity index (χ4n) is 1.29. The SMILES string of the molecule is CC(C)[C@H](Nc1ccc(Cl)cc1Cl)C(=O)O. The number of hydrogen-bond donors (Lipinski definition) is 2. The zero-order valence-corrected chi connectivity index (χ0v) is 10.5. The lowest BCUT2D eigenvalue weighted by molar-refractivity contribution is -0.138. The number of anilines is 1. The summed E-state index contributed by atoms with van der Waals surface area (Å²) in [6, 6.07) is 4.24. The van der Waals surface area contributed by atoms with Crippen LogP contribution in [-0.2, 0) is 4.79 Å². The van der Waals surface area contributed by atoms with E-state index < -0.39 is 12.0 Å². The molecule has 0 saturated heterocycles. The van der Waals surface area contributed by atoms with Crippen LogP contribution in [0.2, 0.25) is 10.0 Å². The van der Waals surface area contributed by atoms with Crippen molar-refractivity contribution in [3.8, 4) is 0 Å². The zero-order chi connectivity index (χ0) is 12.3. The van der Waals surface area contributed by atoms with Crippen LogP contribution in [0.3, 0.4) is 0 Å². The molecule has 1 aromatic carbocycles. The standard InChI is InChI=1S/C11H13Cl2NO2/c1-6(2)10(11(15)16)14-9-4-3-7(12)5-8(9)13/h3-6,10,14H,1-2H3,(H,15,16)/t10-/m0/s1. The van der Waals surface area contributed by atoms with Crippen molar-refractivity contribution in [1.29, 1.82) is 0 Å². The van der Waals surface area contributed by atoms with E-state index in [-0.39, 0.29) is 5.92 Å². The van der Waals surface area contributed by atoms with Crippen molar-refractivity contribution >= 4 is 34.9 Å². The van der Waals surface area contributed by atoms with E-state index in [4.69, 9.17) is 28.3 Å². The predicted octanol–water partition coefficient (Wildman–Crippen LogP) is 3.51. The number of rotatable bonds is 4. The maximum Gasteiger partial charge on any atom is 0.326 e. The second kappa shape index (κ2) is 5.41. The molecule has 1 atom stereocenters. The first-order valence-electron chi connectivity index (χ1n) is 4.86. The molecule has 3 nitrogen and oxygen atoms in total. The number of benzene rings is 1.